The fourth-order valence-corrected chi connectivity index (χ4v) is 5.39. The minimum atomic E-state index is -0.958. The average Bonchev–Trinajstić information content (AvgIpc) is 3.28. The second-order valence-corrected chi connectivity index (χ2v) is 10.8. The summed E-state index contributed by atoms with van der Waals surface area (Å²) in [4.78, 5) is 19.9. The van der Waals surface area contributed by atoms with Gasteiger partial charge >= 0.3 is 0 Å². The van der Waals surface area contributed by atoms with Crippen molar-refractivity contribution in [1.29, 1.82) is 5.41 Å². The third-order valence-electron chi connectivity index (χ3n) is 7.96. The number of imidazole rings is 1. The van der Waals surface area contributed by atoms with Crippen molar-refractivity contribution in [2.45, 2.75) is 44.7 Å². The lowest BCUT2D eigenvalue weighted by Gasteiger charge is -2.36. The van der Waals surface area contributed by atoms with Crippen molar-refractivity contribution < 1.29 is 18.0 Å². The molecular weight excluding hydrogens is 543 g/mol. The van der Waals surface area contributed by atoms with E-state index in [0.717, 1.165) is 35.3 Å². The number of anilines is 2. The third-order valence-corrected chi connectivity index (χ3v) is 7.96. The highest BCUT2D eigenvalue weighted by Gasteiger charge is 2.28. The van der Waals surface area contributed by atoms with Crippen LogP contribution in [0.4, 0.5) is 24.5 Å². The van der Waals surface area contributed by atoms with Crippen LogP contribution in [-0.2, 0) is 24.7 Å². The molecule has 0 saturated carbocycles. The number of nitrogen functional groups attached to an aromatic ring is 1. The molecule has 1 amide bonds. The molecule has 2 heterocycles. The van der Waals surface area contributed by atoms with E-state index in [9.17, 15) is 18.0 Å². The molecule has 1 atom stereocenters. The van der Waals surface area contributed by atoms with Gasteiger partial charge in [0.1, 0.15) is 23.2 Å². The van der Waals surface area contributed by atoms with Gasteiger partial charge in [0, 0.05) is 56.0 Å². The summed E-state index contributed by atoms with van der Waals surface area (Å²) in [6, 6.07) is 14.0. The minimum absolute atomic E-state index is 0.0465. The lowest BCUT2D eigenvalue weighted by molar-refractivity contribution is -0.121. The fourth-order valence-electron chi connectivity index (χ4n) is 5.39. The highest BCUT2D eigenvalue weighted by molar-refractivity contribution is 5.96. The molecule has 1 fully saturated rings. The van der Waals surface area contributed by atoms with Crippen molar-refractivity contribution >= 4 is 34.2 Å². The van der Waals surface area contributed by atoms with Crippen LogP contribution >= 0.6 is 0 Å². The van der Waals surface area contributed by atoms with Crippen molar-refractivity contribution in [3.8, 4) is 0 Å². The minimum Gasteiger partial charge on any atom is -0.384 e. The van der Waals surface area contributed by atoms with Crippen LogP contribution in [0.1, 0.15) is 36.7 Å². The molecule has 0 spiro atoms. The van der Waals surface area contributed by atoms with E-state index in [1.807, 2.05) is 61.3 Å². The van der Waals surface area contributed by atoms with Gasteiger partial charge in [0.15, 0.2) is 11.6 Å². The van der Waals surface area contributed by atoms with Crippen molar-refractivity contribution in [3.63, 3.8) is 0 Å². The van der Waals surface area contributed by atoms with Gasteiger partial charge in [-0.1, -0.05) is 24.3 Å². The summed E-state index contributed by atoms with van der Waals surface area (Å²) in [5.41, 5.74) is 9.45. The Morgan fingerprint density at radius 1 is 1.05 bits per heavy atom. The van der Waals surface area contributed by atoms with E-state index in [4.69, 9.17) is 16.1 Å². The first-order valence-electron chi connectivity index (χ1n) is 13.9. The maximum atomic E-state index is 14.0. The zero-order chi connectivity index (χ0) is 30.0. The number of hydrogen-bond donors (Lipinski definition) is 4. The molecular formula is C31H34F3N7O. The first-order chi connectivity index (χ1) is 20.1. The number of nitrogens with zero attached hydrogens (tertiary/aromatic N) is 3. The molecule has 5 rings (SSSR count). The molecule has 8 nitrogen and oxygen atoms in total. The van der Waals surface area contributed by atoms with Crippen molar-refractivity contribution in [3.05, 3.63) is 89.0 Å². The van der Waals surface area contributed by atoms with Crippen molar-refractivity contribution in [1.82, 2.24) is 14.5 Å². The molecule has 5 N–H and O–H groups in total. The first-order valence-corrected chi connectivity index (χ1v) is 13.9. The summed E-state index contributed by atoms with van der Waals surface area (Å²) in [5.74, 6) is -2.05. The number of amides is 1. The molecule has 3 aromatic carbocycles. The Hall–Kier alpha value is -4.38. The standard InChI is InChI=1S/C31H34F3N7O/c1-18(41-13-11-22(12-14-41)37-29-24(33)15-21(32)16-25(29)34)31(42)38-23-8-9-27-26(17-23)39-28(40(27)2)10-5-19-3-6-20(7-4-19)30(35)36/h3-4,6-9,15-18,22,37H,5,10-14H2,1-2H3,(H3,35,36)(H,38,42). The molecule has 42 heavy (non-hydrogen) atoms. The summed E-state index contributed by atoms with van der Waals surface area (Å²) in [6.07, 6.45) is 2.68. The quantitative estimate of drug-likeness (QED) is 0.166. The van der Waals surface area contributed by atoms with Crippen LogP contribution in [-0.4, -0.2) is 51.4 Å². The second-order valence-electron chi connectivity index (χ2n) is 10.8. The second kappa shape index (κ2) is 12.2. The zero-order valence-corrected chi connectivity index (χ0v) is 23.6. The first kappa shape index (κ1) is 29.1. The van der Waals surface area contributed by atoms with Gasteiger partial charge in [-0.05, 0) is 49.9 Å². The zero-order valence-electron chi connectivity index (χ0n) is 23.6. The van der Waals surface area contributed by atoms with E-state index in [1.165, 1.54) is 0 Å². The largest absolute Gasteiger partial charge is 0.384 e. The SMILES string of the molecule is CC(C(=O)Nc1ccc2c(c1)nc(CCc1ccc(C(=N)N)cc1)n2C)N1CCC(Nc2c(F)cc(F)cc2F)CC1. The number of aromatic nitrogens is 2. The predicted molar refractivity (Wildman–Crippen MR) is 158 cm³/mol. The summed E-state index contributed by atoms with van der Waals surface area (Å²) < 4.78 is 43.3. The predicted octanol–water partition coefficient (Wildman–Crippen LogP) is 4.96. The molecule has 0 radical (unpaired) electrons. The number of halogens is 3. The maximum Gasteiger partial charge on any atom is 0.241 e. The van der Waals surface area contributed by atoms with Crippen molar-refractivity contribution in [2.75, 3.05) is 23.7 Å². The summed E-state index contributed by atoms with van der Waals surface area (Å²) in [7, 11) is 1.97. The molecule has 220 valence electrons. The molecule has 1 aliphatic heterocycles. The molecule has 1 saturated heterocycles. The van der Waals surface area contributed by atoms with Gasteiger partial charge in [0.25, 0.3) is 0 Å². The number of fused-ring (bicyclic) bond motifs is 1. The van der Waals surface area contributed by atoms with E-state index in [-0.39, 0.29) is 23.5 Å². The number of nitrogens with two attached hydrogens (primary N) is 1. The molecule has 1 unspecified atom stereocenters. The number of nitrogens with one attached hydrogen (secondary N) is 3. The van der Waals surface area contributed by atoms with Gasteiger partial charge in [-0.3, -0.25) is 15.1 Å². The van der Waals surface area contributed by atoms with E-state index < -0.39 is 23.5 Å². The van der Waals surface area contributed by atoms with E-state index in [0.29, 0.717) is 49.3 Å². The number of piperidine rings is 1. The van der Waals surface area contributed by atoms with Crippen LogP contribution in [0.25, 0.3) is 11.0 Å². The number of benzene rings is 3. The van der Waals surface area contributed by atoms with E-state index in [2.05, 4.69) is 15.2 Å². The number of hydrogen-bond acceptors (Lipinski definition) is 5. The number of carbonyl (C=O) groups excluding carboxylic acids is 1. The summed E-state index contributed by atoms with van der Waals surface area (Å²) in [5, 5.41) is 13.4. The van der Waals surface area contributed by atoms with Crippen LogP contribution in [0.5, 0.6) is 0 Å². The lowest BCUT2D eigenvalue weighted by atomic mass is 10.0. The molecule has 4 aromatic rings. The normalized spacial score (nSPS) is 15.1. The molecule has 1 aliphatic rings. The summed E-state index contributed by atoms with van der Waals surface area (Å²) in [6.45, 7) is 2.97. The fraction of sp³-hybridized carbons (Fsp3) is 0.323. The smallest absolute Gasteiger partial charge is 0.241 e. The topological polar surface area (TPSA) is 112 Å². The van der Waals surface area contributed by atoms with Crippen LogP contribution in [0.3, 0.4) is 0 Å². The van der Waals surface area contributed by atoms with Crippen LogP contribution in [0.2, 0.25) is 0 Å². The highest BCUT2D eigenvalue weighted by atomic mass is 19.1. The van der Waals surface area contributed by atoms with Crippen LogP contribution in [0, 0.1) is 22.9 Å². The van der Waals surface area contributed by atoms with Gasteiger partial charge in [-0.25, -0.2) is 18.2 Å². The Morgan fingerprint density at radius 2 is 1.71 bits per heavy atom. The lowest BCUT2D eigenvalue weighted by Crippen LogP contribution is -2.48. The number of aryl methyl sites for hydroxylation is 3. The number of amidine groups is 1. The van der Waals surface area contributed by atoms with E-state index in [1.54, 1.807) is 0 Å². The Morgan fingerprint density at radius 3 is 2.36 bits per heavy atom. The van der Waals surface area contributed by atoms with Crippen LogP contribution in [0.15, 0.2) is 54.6 Å². The monoisotopic (exact) mass is 577 g/mol. The number of likely N-dealkylation sites (tertiary alicyclic amines) is 1. The van der Waals surface area contributed by atoms with Crippen molar-refractivity contribution in [2.24, 2.45) is 12.8 Å². The van der Waals surface area contributed by atoms with Gasteiger partial charge in [0.05, 0.1) is 17.1 Å². The third kappa shape index (κ3) is 6.41. The van der Waals surface area contributed by atoms with Gasteiger partial charge in [0.2, 0.25) is 5.91 Å². The molecule has 0 aliphatic carbocycles. The number of carbonyl (C=O) groups is 1. The molecule has 0 bridgehead atoms. The van der Waals surface area contributed by atoms with Crippen LogP contribution < -0.4 is 16.4 Å². The Bertz CT molecular complexity index is 1590. The van der Waals surface area contributed by atoms with E-state index >= 15 is 0 Å². The molecule has 1 aromatic heterocycles. The highest BCUT2D eigenvalue weighted by Crippen LogP contribution is 2.25. The number of rotatable bonds is 9. The average molecular weight is 578 g/mol. The Kier molecular flexibility index (Phi) is 8.49. The van der Waals surface area contributed by atoms with Gasteiger partial charge < -0.3 is 20.9 Å². The Labute approximate surface area is 242 Å². The Balaban J connectivity index is 1.16. The maximum absolute atomic E-state index is 14.0. The van der Waals surface area contributed by atoms with Gasteiger partial charge in [-0.2, -0.15) is 0 Å². The van der Waals surface area contributed by atoms with Gasteiger partial charge in [-0.15, -0.1) is 0 Å². The molecule has 11 heteroatoms. The summed E-state index contributed by atoms with van der Waals surface area (Å²) >= 11 is 0.